The molecule has 1 aliphatic heterocycles. The average Bonchev–Trinajstić information content (AvgIpc) is 2.72. The monoisotopic (exact) mass is 384 g/mol. The van der Waals surface area contributed by atoms with E-state index in [1.165, 1.54) is 5.56 Å². The second-order valence-electron chi connectivity index (χ2n) is 7.35. The van der Waals surface area contributed by atoms with Gasteiger partial charge in [0.2, 0.25) is 5.91 Å². The highest BCUT2D eigenvalue weighted by Gasteiger charge is 2.23. The lowest BCUT2D eigenvalue weighted by atomic mass is 9.95. The van der Waals surface area contributed by atoms with Crippen LogP contribution in [-0.4, -0.2) is 37.0 Å². The first-order chi connectivity index (χ1) is 13.2. The Morgan fingerprint density at radius 1 is 1.07 bits per heavy atom. The standard InChI is InChI=1S/C23H29ClN2O/c1-2-23(27)26(22-6-4-3-5-7-22)18-20-13-16-25(17-14-20)15-12-19-8-10-21(24)11-9-19/h3-11,20H,2,12-18H2,1H3. The van der Waals surface area contributed by atoms with Gasteiger partial charge in [-0.25, -0.2) is 0 Å². The molecule has 1 fully saturated rings. The second kappa shape index (κ2) is 9.91. The van der Waals surface area contributed by atoms with Crippen LogP contribution < -0.4 is 4.90 Å². The van der Waals surface area contributed by atoms with E-state index in [1.807, 2.05) is 54.3 Å². The van der Waals surface area contributed by atoms with Crippen LogP contribution in [0.5, 0.6) is 0 Å². The molecular weight excluding hydrogens is 356 g/mol. The third kappa shape index (κ3) is 5.82. The van der Waals surface area contributed by atoms with E-state index in [2.05, 4.69) is 17.0 Å². The molecular formula is C23H29ClN2O. The van der Waals surface area contributed by atoms with E-state index in [-0.39, 0.29) is 5.91 Å². The SMILES string of the molecule is CCC(=O)N(CC1CCN(CCc2ccc(Cl)cc2)CC1)c1ccccc1. The highest BCUT2D eigenvalue weighted by atomic mass is 35.5. The van der Waals surface area contributed by atoms with Crippen molar-refractivity contribution >= 4 is 23.2 Å². The summed E-state index contributed by atoms with van der Waals surface area (Å²) < 4.78 is 0. The van der Waals surface area contributed by atoms with E-state index in [9.17, 15) is 4.79 Å². The first-order valence-electron chi connectivity index (χ1n) is 9.98. The molecule has 1 heterocycles. The molecule has 0 bridgehead atoms. The number of anilines is 1. The molecule has 2 aromatic carbocycles. The Hall–Kier alpha value is -1.84. The van der Waals surface area contributed by atoms with Gasteiger partial charge in [-0.2, -0.15) is 0 Å². The van der Waals surface area contributed by atoms with E-state index in [0.29, 0.717) is 12.3 Å². The molecule has 1 aliphatic rings. The quantitative estimate of drug-likeness (QED) is 0.667. The number of halogens is 1. The zero-order chi connectivity index (χ0) is 19.1. The van der Waals surface area contributed by atoms with Crippen molar-refractivity contribution in [3.8, 4) is 0 Å². The van der Waals surface area contributed by atoms with Crippen molar-refractivity contribution in [3.05, 3.63) is 65.2 Å². The maximum atomic E-state index is 12.4. The molecule has 0 radical (unpaired) electrons. The fourth-order valence-corrected chi connectivity index (χ4v) is 3.87. The van der Waals surface area contributed by atoms with Gasteiger partial charge in [-0.15, -0.1) is 0 Å². The Morgan fingerprint density at radius 3 is 2.37 bits per heavy atom. The van der Waals surface area contributed by atoms with Gasteiger partial charge >= 0.3 is 0 Å². The highest BCUT2D eigenvalue weighted by Crippen LogP contribution is 2.23. The smallest absolute Gasteiger partial charge is 0.226 e. The summed E-state index contributed by atoms with van der Waals surface area (Å²) in [6.07, 6.45) is 3.92. The Labute approximate surface area is 167 Å². The van der Waals surface area contributed by atoms with Crippen molar-refractivity contribution in [1.29, 1.82) is 0 Å². The minimum Gasteiger partial charge on any atom is -0.312 e. The summed E-state index contributed by atoms with van der Waals surface area (Å²) >= 11 is 5.96. The average molecular weight is 385 g/mol. The van der Waals surface area contributed by atoms with Crippen LogP contribution >= 0.6 is 11.6 Å². The van der Waals surface area contributed by atoms with Gasteiger partial charge in [-0.1, -0.05) is 48.9 Å². The van der Waals surface area contributed by atoms with Gasteiger partial charge in [-0.3, -0.25) is 4.79 Å². The van der Waals surface area contributed by atoms with Gasteiger partial charge in [0.15, 0.2) is 0 Å². The first-order valence-corrected chi connectivity index (χ1v) is 10.4. The Bertz CT molecular complexity index is 709. The van der Waals surface area contributed by atoms with Gasteiger partial charge < -0.3 is 9.80 Å². The number of hydrogen-bond acceptors (Lipinski definition) is 2. The largest absolute Gasteiger partial charge is 0.312 e. The topological polar surface area (TPSA) is 23.6 Å². The van der Waals surface area contributed by atoms with Crippen LogP contribution in [0.15, 0.2) is 54.6 Å². The van der Waals surface area contributed by atoms with Crippen LogP contribution in [0.3, 0.4) is 0 Å². The summed E-state index contributed by atoms with van der Waals surface area (Å²) in [6.45, 7) is 6.09. The van der Waals surface area contributed by atoms with Crippen LogP contribution in [0.4, 0.5) is 5.69 Å². The molecule has 0 saturated carbocycles. The lowest BCUT2D eigenvalue weighted by Crippen LogP contribution is -2.41. The minimum absolute atomic E-state index is 0.214. The summed E-state index contributed by atoms with van der Waals surface area (Å²) in [4.78, 5) is 17.0. The molecule has 3 rings (SSSR count). The number of rotatable bonds is 7. The highest BCUT2D eigenvalue weighted by molar-refractivity contribution is 6.30. The number of hydrogen-bond donors (Lipinski definition) is 0. The maximum Gasteiger partial charge on any atom is 0.226 e. The van der Waals surface area contributed by atoms with Crippen molar-refractivity contribution in [2.24, 2.45) is 5.92 Å². The van der Waals surface area contributed by atoms with Crippen LogP contribution in [0.25, 0.3) is 0 Å². The fraction of sp³-hybridized carbons (Fsp3) is 0.435. The lowest BCUT2D eigenvalue weighted by Gasteiger charge is -2.35. The first kappa shape index (κ1) is 19.9. The molecule has 0 unspecified atom stereocenters. The number of benzene rings is 2. The van der Waals surface area contributed by atoms with Crippen molar-refractivity contribution in [1.82, 2.24) is 4.90 Å². The molecule has 0 aromatic heterocycles. The van der Waals surface area contributed by atoms with Crippen LogP contribution in [-0.2, 0) is 11.2 Å². The van der Waals surface area contributed by atoms with Gasteiger partial charge in [0.1, 0.15) is 0 Å². The normalized spacial score (nSPS) is 15.6. The fourth-order valence-electron chi connectivity index (χ4n) is 3.74. The van der Waals surface area contributed by atoms with Gasteiger partial charge in [0, 0.05) is 30.2 Å². The molecule has 4 heteroatoms. The number of amides is 1. The number of nitrogens with zero attached hydrogens (tertiary/aromatic N) is 2. The van der Waals surface area contributed by atoms with Crippen LogP contribution in [0.2, 0.25) is 5.02 Å². The third-order valence-corrected chi connectivity index (χ3v) is 5.70. The number of para-hydroxylation sites is 1. The number of piperidine rings is 1. The van der Waals surface area contributed by atoms with Crippen LogP contribution in [0.1, 0.15) is 31.7 Å². The van der Waals surface area contributed by atoms with Gasteiger partial charge in [-0.05, 0) is 68.1 Å². The lowest BCUT2D eigenvalue weighted by molar-refractivity contribution is -0.118. The van der Waals surface area contributed by atoms with Crippen molar-refractivity contribution < 1.29 is 4.79 Å². The van der Waals surface area contributed by atoms with Gasteiger partial charge in [0.25, 0.3) is 0 Å². The van der Waals surface area contributed by atoms with Gasteiger partial charge in [0.05, 0.1) is 0 Å². The van der Waals surface area contributed by atoms with Crippen LogP contribution in [0, 0.1) is 5.92 Å². The zero-order valence-corrected chi connectivity index (χ0v) is 16.9. The summed E-state index contributed by atoms with van der Waals surface area (Å²) in [5.74, 6) is 0.791. The Kier molecular flexibility index (Phi) is 7.31. The third-order valence-electron chi connectivity index (χ3n) is 5.45. The molecule has 0 spiro atoms. The molecule has 2 aromatic rings. The summed E-state index contributed by atoms with van der Waals surface area (Å²) in [5.41, 5.74) is 2.36. The van der Waals surface area contributed by atoms with Crippen molar-refractivity contribution in [2.75, 3.05) is 31.1 Å². The molecule has 27 heavy (non-hydrogen) atoms. The molecule has 144 valence electrons. The Morgan fingerprint density at radius 2 is 1.74 bits per heavy atom. The predicted octanol–water partition coefficient (Wildman–Crippen LogP) is 5.04. The van der Waals surface area contributed by atoms with E-state index >= 15 is 0 Å². The van der Waals surface area contributed by atoms with Crippen molar-refractivity contribution in [3.63, 3.8) is 0 Å². The molecule has 1 amide bonds. The molecule has 3 nitrogen and oxygen atoms in total. The molecule has 0 aliphatic carbocycles. The number of carbonyl (C=O) groups is 1. The maximum absolute atomic E-state index is 12.4. The number of carbonyl (C=O) groups excluding carboxylic acids is 1. The predicted molar refractivity (Wildman–Crippen MR) is 113 cm³/mol. The van der Waals surface area contributed by atoms with E-state index in [1.54, 1.807) is 0 Å². The molecule has 1 saturated heterocycles. The molecule has 0 atom stereocenters. The van der Waals surface area contributed by atoms with Crippen molar-refractivity contribution in [2.45, 2.75) is 32.6 Å². The summed E-state index contributed by atoms with van der Waals surface area (Å²) in [6, 6.07) is 18.2. The number of likely N-dealkylation sites (tertiary alicyclic amines) is 1. The van der Waals surface area contributed by atoms with E-state index < -0.39 is 0 Å². The van der Waals surface area contributed by atoms with E-state index in [0.717, 1.165) is 56.2 Å². The second-order valence-corrected chi connectivity index (χ2v) is 7.79. The summed E-state index contributed by atoms with van der Waals surface area (Å²) in [7, 11) is 0. The van der Waals surface area contributed by atoms with E-state index in [4.69, 9.17) is 11.6 Å². The Balaban J connectivity index is 1.49. The minimum atomic E-state index is 0.214. The molecule has 0 N–H and O–H groups in total. The summed E-state index contributed by atoms with van der Waals surface area (Å²) in [5, 5.41) is 0.796. The zero-order valence-electron chi connectivity index (χ0n) is 16.1.